The second-order valence-electron chi connectivity index (χ2n) is 3.77. The summed E-state index contributed by atoms with van der Waals surface area (Å²) in [6.45, 7) is 3.17. The number of benzene rings is 1. The normalized spacial score (nSPS) is 14.3. The average Bonchev–Trinajstić information content (AvgIpc) is 2.19. The summed E-state index contributed by atoms with van der Waals surface area (Å²) in [5, 5.41) is 2.55. The fraction of sp³-hybridized carbons (Fsp3) is 0.417. The zero-order valence-electron chi connectivity index (χ0n) is 9.09. The fourth-order valence-corrected chi connectivity index (χ4v) is 1.37. The van der Waals surface area contributed by atoms with Gasteiger partial charge in [-0.1, -0.05) is 31.5 Å². The van der Waals surface area contributed by atoms with Crippen LogP contribution in [-0.2, 0) is 4.79 Å². The molecule has 1 aromatic carbocycles. The lowest BCUT2D eigenvalue weighted by atomic mass is 10.0. The summed E-state index contributed by atoms with van der Waals surface area (Å²) in [5.41, 5.74) is -1.16. The van der Waals surface area contributed by atoms with Crippen LogP contribution in [0.3, 0.4) is 0 Å². The van der Waals surface area contributed by atoms with Crippen LogP contribution in [0.1, 0.15) is 26.7 Å². The van der Waals surface area contributed by atoms with Gasteiger partial charge in [0.2, 0.25) is 0 Å². The van der Waals surface area contributed by atoms with Crippen LogP contribution < -0.4 is 5.32 Å². The van der Waals surface area contributed by atoms with E-state index >= 15 is 0 Å². The predicted octanol–water partition coefficient (Wildman–Crippen LogP) is 3.15. The molecule has 0 bridgehead atoms. The zero-order chi connectivity index (χ0) is 11.3. The van der Waals surface area contributed by atoms with Crippen molar-refractivity contribution in [1.82, 2.24) is 0 Å². The number of rotatable bonds is 4. The molecule has 1 amide bonds. The van der Waals surface area contributed by atoms with E-state index in [0.29, 0.717) is 12.1 Å². The Kier molecular flexibility index (Phi) is 3.83. The van der Waals surface area contributed by atoms with Crippen molar-refractivity contribution in [2.75, 3.05) is 5.32 Å². The second kappa shape index (κ2) is 4.91. The summed E-state index contributed by atoms with van der Waals surface area (Å²) in [7, 11) is 0. The van der Waals surface area contributed by atoms with Crippen molar-refractivity contribution in [1.29, 1.82) is 0 Å². The topological polar surface area (TPSA) is 29.1 Å². The first-order valence-corrected chi connectivity index (χ1v) is 5.11. The van der Waals surface area contributed by atoms with Gasteiger partial charge in [-0.25, -0.2) is 4.39 Å². The molecule has 0 saturated heterocycles. The number of para-hydroxylation sites is 1. The predicted molar refractivity (Wildman–Crippen MR) is 59.5 cm³/mol. The molecule has 1 atom stereocenters. The highest BCUT2D eigenvalue weighted by Crippen LogP contribution is 2.20. The molecule has 0 aromatic heterocycles. The average molecular weight is 209 g/mol. The van der Waals surface area contributed by atoms with Gasteiger partial charge in [-0.3, -0.25) is 4.79 Å². The number of anilines is 1. The highest BCUT2D eigenvalue weighted by molar-refractivity contribution is 5.96. The van der Waals surface area contributed by atoms with Gasteiger partial charge in [-0.2, -0.15) is 0 Å². The molecular formula is C12H16FNO. The molecular weight excluding hydrogens is 193 g/mol. The second-order valence-corrected chi connectivity index (χ2v) is 3.77. The minimum atomic E-state index is -1.79. The maximum atomic E-state index is 13.8. The van der Waals surface area contributed by atoms with Gasteiger partial charge in [-0.15, -0.1) is 0 Å². The van der Waals surface area contributed by atoms with Gasteiger partial charge in [0.1, 0.15) is 0 Å². The largest absolute Gasteiger partial charge is 0.323 e. The van der Waals surface area contributed by atoms with Crippen molar-refractivity contribution in [2.24, 2.45) is 0 Å². The van der Waals surface area contributed by atoms with Crippen LogP contribution in [0.5, 0.6) is 0 Å². The van der Waals surface area contributed by atoms with E-state index in [2.05, 4.69) is 5.32 Å². The Morgan fingerprint density at radius 3 is 2.53 bits per heavy atom. The molecule has 82 valence electrons. The molecule has 1 aromatic rings. The Labute approximate surface area is 89.5 Å². The van der Waals surface area contributed by atoms with Gasteiger partial charge in [0.05, 0.1) is 0 Å². The monoisotopic (exact) mass is 209 g/mol. The molecule has 2 nitrogen and oxygen atoms in total. The summed E-state index contributed by atoms with van der Waals surface area (Å²) in [5.74, 6) is -0.574. The van der Waals surface area contributed by atoms with Crippen LogP contribution in [0.15, 0.2) is 30.3 Å². The number of halogens is 1. The molecule has 0 heterocycles. The molecule has 1 N–H and O–H groups in total. The van der Waals surface area contributed by atoms with Crippen molar-refractivity contribution >= 4 is 11.6 Å². The summed E-state index contributed by atoms with van der Waals surface area (Å²) >= 11 is 0. The summed E-state index contributed by atoms with van der Waals surface area (Å²) < 4.78 is 13.8. The smallest absolute Gasteiger partial charge is 0.261 e. The van der Waals surface area contributed by atoms with Crippen LogP contribution in [0.4, 0.5) is 10.1 Å². The van der Waals surface area contributed by atoms with Gasteiger partial charge in [0.25, 0.3) is 5.91 Å². The first-order chi connectivity index (χ1) is 7.06. The molecule has 0 spiro atoms. The van der Waals surface area contributed by atoms with Gasteiger partial charge in [-0.05, 0) is 25.5 Å². The molecule has 0 fully saturated rings. The Hall–Kier alpha value is -1.38. The number of alkyl halides is 1. The third-order valence-corrected chi connectivity index (χ3v) is 2.22. The highest BCUT2D eigenvalue weighted by atomic mass is 19.1. The van der Waals surface area contributed by atoms with Gasteiger partial charge < -0.3 is 5.32 Å². The van der Waals surface area contributed by atoms with Crippen molar-refractivity contribution < 1.29 is 9.18 Å². The number of carbonyl (C=O) groups is 1. The van der Waals surface area contributed by atoms with Crippen molar-refractivity contribution in [2.45, 2.75) is 32.4 Å². The maximum absolute atomic E-state index is 13.8. The van der Waals surface area contributed by atoms with Crippen LogP contribution in [-0.4, -0.2) is 11.6 Å². The molecule has 0 aliphatic carbocycles. The molecule has 15 heavy (non-hydrogen) atoms. The van der Waals surface area contributed by atoms with E-state index in [1.165, 1.54) is 6.92 Å². The van der Waals surface area contributed by atoms with Gasteiger partial charge >= 0.3 is 0 Å². The van der Waals surface area contributed by atoms with Crippen LogP contribution in [0.2, 0.25) is 0 Å². The number of hydrogen-bond donors (Lipinski definition) is 1. The van der Waals surface area contributed by atoms with Gasteiger partial charge in [0.15, 0.2) is 5.67 Å². The lowest BCUT2D eigenvalue weighted by Crippen LogP contribution is -2.35. The van der Waals surface area contributed by atoms with E-state index in [4.69, 9.17) is 0 Å². The molecule has 0 saturated carbocycles. The Balaban J connectivity index is 2.63. The lowest BCUT2D eigenvalue weighted by molar-refractivity contribution is -0.126. The first kappa shape index (κ1) is 11.7. The van der Waals surface area contributed by atoms with E-state index in [1.54, 1.807) is 24.3 Å². The van der Waals surface area contributed by atoms with E-state index in [-0.39, 0.29) is 6.42 Å². The zero-order valence-corrected chi connectivity index (χ0v) is 9.09. The van der Waals surface area contributed by atoms with E-state index in [1.807, 2.05) is 13.0 Å². The summed E-state index contributed by atoms with van der Waals surface area (Å²) in [6.07, 6.45) is 0.890. The van der Waals surface area contributed by atoms with Crippen molar-refractivity contribution in [3.8, 4) is 0 Å². The highest BCUT2D eigenvalue weighted by Gasteiger charge is 2.31. The minimum Gasteiger partial charge on any atom is -0.323 e. The molecule has 0 radical (unpaired) electrons. The van der Waals surface area contributed by atoms with Crippen molar-refractivity contribution in [3.63, 3.8) is 0 Å². The lowest BCUT2D eigenvalue weighted by Gasteiger charge is -2.18. The number of nitrogens with one attached hydrogen (secondary N) is 1. The van der Waals surface area contributed by atoms with E-state index in [0.717, 1.165) is 0 Å². The standard InChI is InChI=1S/C12H16FNO/c1-3-9-12(2,13)11(15)14-10-7-5-4-6-8-10/h4-8H,3,9H2,1-2H3,(H,14,15). The summed E-state index contributed by atoms with van der Waals surface area (Å²) in [6, 6.07) is 8.91. The molecule has 0 aliphatic heterocycles. The third kappa shape index (κ3) is 3.35. The molecule has 3 heteroatoms. The SMILES string of the molecule is CCCC(C)(F)C(=O)Nc1ccccc1. The third-order valence-electron chi connectivity index (χ3n) is 2.22. The molecule has 1 unspecified atom stereocenters. The summed E-state index contributed by atoms with van der Waals surface area (Å²) in [4.78, 5) is 11.5. The van der Waals surface area contributed by atoms with Crippen LogP contribution in [0, 0.1) is 0 Å². The minimum absolute atomic E-state index is 0.242. The van der Waals surface area contributed by atoms with Crippen molar-refractivity contribution in [3.05, 3.63) is 30.3 Å². The number of hydrogen-bond acceptors (Lipinski definition) is 1. The first-order valence-electron chi connectivity index (χ1n) is 5.11. The number of carbonyl (C=O) groups excluding carboxylic acids is 1. The Morgan fingerprint density at radius 2 is 2.00 bits per heavy atom. The van der Waals surface area contributed by atoms with E-state index in [9.17, 15) is 9.18 Å². The molecule has 0 aliphatic rings. The Morgan fingerprint density at radius 1 is 1.40 bits per heavy atom. The fourth-order valence-electron chi connectivity index (χ4n) is 1.37. The maximum Gasteiger partial charge on any atom is 0.261 e. The van der Waals surface area contributed by atoms with Crippen LogP contribution >= 0.6 is 0 Å². The molecule has 1 rings (SSSR count). The number of amides is 1. The Bertz CT molecular complexity index is 322. The van der Waals surface area contributed by atoms with Crippen LogP contribution in [0.25, 0.3) is 0 Å². The van der Waals surface area contributed by atoms with Gasteiger partial charge in [0, 0.05) is 5.69 Å². The quantitative estimate of drug-likeness (QED) is 0.810. The van der Waals surface area contributed by atoms with E-state index < -0.39 is 11.6 Å².